The summed E-state index contributed by atoms with van der Waals surface area (Å²) in [6.45, 7) is 6.60. The van der Waals surface area contributed by atoms with Gasteiger partial charge in [0.15, 0.2) is 0 Å². The van der Waals surface area contributed by atoms with E-state index in [0.717, 1.165) is 28.8 Å². The zero-order valence-corrected chi connectivity index (χ0v) is 19.4. The monoisotopic (exact) mass is 437 g/mol. The molecule has 0 spiro atoms. The Bertz CT molecular complexity index is 975. The Hall–Kier alpha value is -2.96. The molecule has 3 rings (SSSR count). The first-order valence-corrected chi connectivity index (χ1v) is 11.0. The van der Waals surface area contributed by atoms with Crippen LogP contribution in [0, 0.1) is 5.41 Å². The Balaban J connectivity index is 0.000000423. The van der Waals surface area contributed by atoms with Crippen LogP contribution in [-0.4, -0.2) is 19.2 Å². The van der Waals surface area contributed by atoms with E-state index < -0.39 is 0 Å². The molecule has 0 aliphatic rings. The third kappa shape index (κ3) is 7.66. The highest BCUT2D eigenvalue weighted by molar-refractivity contribution is 7.13. The molecule has 4 N–H and O–H groups in total. The number of carbonyl (C=O) groups excluding carboxylic acids is 2. The van der Waals surface area contributed by atoms with Gasteiger partial charge < -0.3 is 21.2 Å². The second kappa shape index (κ2) is 11.4. The van der Waals surface area contributed by atoms with Crippen LogP contribution in [0.2, 0.25) is 0 Å². The SMILES string of the molecule is CC(C)(C)CC=O.CNc1ccc(-c2cccs2)cc1NC(=O)c1ccc(CN)cc1. The quantitative estimate of drug-likeness (QED) is 0.426. The van der Waals surface area contributed by atoms with Crippen LogP contribution in [0.25, 0.3) is 10.4 Å². The maximum atomic E-state index is 12.5. The molecule has 0 atom stereocenters. The van der Waals surface area contributed by atoms with E-state index in [1.807, 2.05) is 69.6 Å². The summed E-state index contributed by atoms with van der Waals surface area (Å²) in [6.07, 6.45) is 1.62. The van der Waals surface area contributed by atoms with Crippen molar-refractivity contribution < 1.29 is 9.59 Å². The Labute approximate surface area is 188 Å². The lowest BCUT2D eigenvalue weighted by molar-refractivity contribution is -0.109. The van der Waals surface area contributed by atoms with Crippen LogP contribution in [0.1, 0.15) is 43.1 Å². The summed E-state index contributed by atoms with van der Waals surface area (Å²) < 4.78 is 0. The van der Waals surface area contributed by atoms with Crippen LogP contribution < -0.4 is 16.4 Å². The minimum atomic E-state index is -0.140. The van der Waals surface area contributed by atoms with Crippen molar-refractivity contribution in [1.29, 1.82) is 0 Å². The van der Waals surface area contributed by atoms with Gasteiger partial charge in [0.25, 0.3) is 5.91 Å². The third-order valence-electron chi connectivity index (χ3n) is 4.49. The molecule has 1 aromatic heterocycles. The van der Waals surface area contributed by atoms with Crippen LogP contribution in [0.5, 0.6) is 0 Å². The van der Waals surface area contributed by atoms with Crippen LogP contribution in [0.3, 0.4) is 0 Å². The van der Waals surface area contributed by atoms with Gasteiger partial charge in [-0.2, -0.15) is 0 Å². The predicted molar refractivity (Wildman–Crippen MR) is 132 cm³/mol. The summed E-state index contributed by atoms with van der Waals surface area (Å²) in [5, 5.41) is 8.15. The summed E-state index contributed by atoms with van der Waals surface area (Å²) in [4.78, 5) is 23.5. The summed E-state index contributed by atoms with van der Waals surface area (Å²) in [7, 11) is 1.84. The maximum absolute atomic E-state index is 12.5. The third-order valence-corrected chi connectivity index (χ3v) is 5.41. The number of rotatable bonds is 6. The van der Waals surface area contributed by atoms with Crippen LogP contribution >= 0.6 is 11.3 Å². The minimum Gasteiger partial charge on any atom is -0.386 e. The number of benzene rings is 2. The van der Waals surface area contributed by atoms with Crippen molar-refractivity contribution in [3.63, 3.8) is 0 Å². The van der Waals surface area contributed by atoms with Gasteiger partial charge in [-0.25, -0.2) is 0 Å². The van der Waals surface area contributed by atoms with Gasteiger partial charge in [-0.1, -0.05) is 45.0 Å². The van der Waals surface area contributed by atoms with E-state index in [9.17, 15) is 9.59 Å². The number of hydrogen-bond donors (Lipinski definition) is 3. The van der Waals surface area contributed by atoms with Crippen molar-refractivity contribution in [2.75, 3.05) is 17.7 Å². The molecule has 1 amide bonds. The molecule has 0 saturated carbocycles. The number of carbonyl (C=O) groups is 2. The van der Waals surface area contributed by atoms with E-state index in [4.69, 9.17) is 5.73 Å². The number of amides is 1. The highest BCUT2D eigenvalue weighted by Gasteiger charge is 2.11. The molecule has 0 aliphatic heterocycles. The largest absolute Gasteiger partial charge is 0.386 e. The number of hydrogen-bond acceptors (Lipinski definition) is 5. The van der Waals surface area contributed by atoms with Crippen molar-refractivity contribution in [2.24, 2.45) is 11.1 Å². The van der Waals surface area contributed by atoms with E-state index in [1.165, 1.54) is 4.88 Å². The lowest BCUT2D eigenvalue weighted by atomic mass is 9.93. The first kappa shape index (κ1) is 24.3. The van der Waals surface area contributed by atoms with E-state index in [2.05, 4.69) is 16.7 Å². The van der Waals surface area contributed by atoms with Gasteiger partial charge in [0, 0.05) is 30.5 Å². The Morgan fingerprint density at radius 1 is 1.06 bits per heavy atom. The first-order chi connectivity index (χ1) is 14.8. The molecule has 5 nitrogen and oxygen atoms in total. The van der Waals surface area contributed by atoms with Crippen molar-refractivity contribution in [3.05, 3.63) is 71.1 Å². The molecule has 0 saturated heterocycles. The number of thiophene rings is 1. The van der Waals surface area contributed by atoms with Crippen molar-refractivity contribution in [3.8, 4) is 10.4 Å². The van der Waals surface area contributed by atoms with Crippen LogP contribution in [0.15, 0.2) is 60.0 Å². The van der Waals surface area contributed by atoms with Gasteiger partial charge in [0.05, 0.1) is 11.4 Å². The van der Waals surface area contributed by atoms with Crippen LogP contribution in [-0.2, 0) is 11.3 Å². The standard InChI is InChI=1S/C19H19N3OS.C6H12O/c1-21-16-9-8-15(18-3-2-10-24-18)11-17(16)22-19(23)14-6-4-13(12-20)5-7-14;1-6(2,3)4-5-7/h2-11,21H,12,20H2,1H3,(H,22,23);5H,4H2,1-3H3. The Morgan fingerprint density at radius 3 is 2.26 bits per heavy atom. The topological polar surface area (TPSA) is 84.2 Å². The average Bonchev–Trinajstić information content (AvgIpc) is 3.28. The van der Waals surface area contributed by atoms with Gasteiger partial charge in [-0.05, 0) is 52.3 Å². The second-order valence-corrected chi connectivity index (χ2v) is 9.22. The Morgan fingerprint density at radius 2 is 1.77 bits per heavy atom. The molecule has 1 heterocycles. The summed E-state index contributed by atoms with van der Waals surface area (Å²) in [6, 6.07) is 17.4. The van der Waals surface area contributed by atoms with Crippen molar-refractivity contribution in [2.45, 2.75) is 33.7 Å². The summed E-state index contributed by atoms with van der Waals surface area (Å²) in [5.74, 6) is -0.140. The minimum absolute atomic E-state index is 0.140. The molecule has 3 aromatic rings. The number of aldehydes is 1. The predicted octanol–water partition coefficient (Wildman–Crippen LogP) is 5.79. The smallest absolute Gasteiger partial charge is 0.255 e. The zero-order chi connectivity index (χ0) is 22.9. The maximum Gasteiger partial charge on any atom is 0.255 e. The number of anilines is 2. The second-order valence-electron chi connectivity index (χ2n) is 8.27. The average molecular weight is 438 g/mol. The molecule has 0 radical (unpaired) electrons. The molecule has 0 bridgehead atoms. The fourth-order valence-corrected chi connectivity index (χ4v) is 3.42. The van der Waals surface area contributed by atoms with E-state index in [0.29, 0.717) is 18.5 Å². The zero-order valence-electron chi connectivity index (χ0n) is 18.6. The van der Waals surface area contributed by atoms with E-state index in [-0.39, 0.29) is 11.3 Å². The van der Waals surface area contributed by atoms with Gasteiger partial charge >= 0.3 is 0 Å². The fraction of sp³-hybridized carbons (Fsp3) is 0.280. The van der Waals surface area contributed by atoms with Gasteiger partial charge in [0.1, 0.15) is 6.29 Å². The lowest BCUT2D eigenvalue weighted by Gasteiger charge is -2.13. The molecular weight excluding hydrogens is 406 g/mol. The molecule has 0 aliphatic carbocycles. The van der Waals surface area contributed by atoms with Gasteiger partial charge in [-0.3, -0.25) is 4.79 Å². The lowest BCUT2D eigenvalue weighted by Crippen LogP contribution is -2.13. The highest BCUT2D eigenvalue weighted by Crippen LogP contribution is 2.31. The molecule has 0 fully saturated rings. The highest BCUT2D eigenvalue weighted by atomic mass is 32.1. The summed E-state index contributed by atoms with van der Waals surface area (Å²) in [5.41, 5.74) is 10.1. The van der Waals surface area contributed by atoms with E-state index >= 15 is 0 Å². The molecule has 0 unspecified atom stereocenters. The summed E-state index contributed by atoms with van der Waals surface area (Å²) >= 11 is 1.67. The number of nitrogens with one attached hydrogen (secondary N) is 2. The first-order valence-electron chi connectivity index (χ1n) is 10.2. The normalized spacial score (nSPS) is 10.6. The van der Waals surface area contributed by atoms with Crippen LogP contribution in [0.4, 0.5) is 11.4 Å². The van der Waals surface area contributed by atoms with Crippen molar-refractivity contribution in [1.82, 2.24) is 0 Å². The Kier molecular flexibility index (Phi) is 8.97. The van der Waals surface area contributed by atoms with Gasteiger partial charge in [0.2, 0.25) is 0 Å². The fourth-order valence-electron chi connectivity index (χ4n) is 2.70. The molecule has 6 heteroatoms. The van der Waals surface area contributed by atoms with Gasteiger partial charge in [-0.15, -0.1) is 11.3 Å². The molecule has 2 aromatic carbocycles. The molecular formula is C25H31N3O2S. The van der Waals surface area contributed by atoms with Crippen molar-refractivity contribution >= 4 is 34.9 Å². The number of nitrogens with two attached hydrogens (primary N) is 1. The molecule has 31 heavy (non-hydrogen) atoms. The molecule has 164 valence electrons. The van der Waals surface area contributed by atoms with E-state index in [1.54, 1.807) is 23.5 Å².